The van der Waals surface area contributed by atoms with Gasteiger partial charge in [-0.25, -0.2) is 0 Å². The smallest absolute Gasteiger partial charge is 0.208 e. The normalized spacial score (nSPS) is 10.9. The Hall–Kier alpha value is -1.20. The fraction of sp³-hybridized carbons (Fsp3) is 0.667. The maximum Gasteiger partial charge on any atom is 0.208 e. The lowest BCUT2D eigenvalue weighted by molar-refractivity contribution is 0.364. The van der Waals surface area contributed by atoms with Gasteiger partial charge in [0.25, 0.3) is 0 Å². The van der Waals surface area contributed by atoms with Crippen LogP contribution in [-0.4, -0.2) is 28.9 Å². The van der Waals surface area contributed by atoms with Crippen molar-refractivity contribution in [2.75, 3.05) is 12.8 Å². The minimum atomic E-state index is 0.253. The molecular weight excluding hydrogens is 196 g/mol. The number of rotatable bonds is 3. The first-order valence-electron chi connectivity index (χ1n) is 4.31. The van der Waals surface area contributed by atoms with Crippen LogP contribution in [0.15, 0.2) is 4.99 Å². The number of amidine groups is 1. The number of nitrogens with zero attached hydrogens (tertiary/aromatic N) is 4. The highest BCUT2D eigenvalue weighted by atomic mass is 32.2. The Labute approximate surface area is 89.2 Å². The van der Waals surface area contributed by atoms with Crippen molar-refractivity contribution in [3.8, 4) is 12.3 Å². The third-order valence-electron chi connectivity index (χ3n) is 1.66. The Bertz CT molecular complexity index is 272. The molecule has 0 aliphatic heterocycles. The molecule has 0 bridgehead atoms. The van der Waals surface area contributed by atoms with Crippen molar-refractivity contribution in [1.82, 2.24) is 4.90 Å². The molecule has 0 fully saturated rings. The van der Waals surface area contributed by atoms with Crippen molar-refractivity contribution in [3.05, 3.63) is 0 Å². The van der Waals surface area contributed by atoms with Crippen LogP contribution in [0.25, 0.3) is 0 Å². The van der Waals surface area contributed by atoms with Crippen LogP contribution in [0.1, 0.15) is 20.3 Å². The minimum absolute atomic E-state index is 0.253. The molecule has 0 saturated carbocycles. The zero-order valence-electron chi connectivity index (χ0n) is 8.69. The van der Waals surface area contributed by atoms with E-state index in [9.17, 15) is 0 Å². The van der Waals surface area contributed by atoms with Crippen molar-refractivity contribution in [2.24, 2.45) is 4.99 Å². The summed E-state index contributed by atoms with van der Waals surface area (Å²) in [5.41, 5.74) is 0. The van der Waals surface area contributed by atoms with E-state index in [1.807, 2.05) is 25.0 Å². The molecule has 0 N–H and O–H groups in total. The van der Waals surface area contributed by atoms with Crippen molar-refractivity contribution < 1.29 is 0 Å². The van der Waals surface area contributed by atoms with E-state index in [0.29, 0.717) is 18.1 Å². The van der Waals surface area contributed by atoms with Gasteiger partial charge >= 0.3 is 0 Å². The van der Waals surface area contributed by atoms with Crippen LogP contribution >= 0.6 is 11.8 Å². The van der Waals surface area contributed by atoms with E-state index in [0.717, 1.165) is 0 Å². The summed E-state index contributed by atoms with van der Waals surface area (Å²) in [5, 5.41) is 17.7. The summed E-state index contributed by atoms with van der Waals surface area (Å²) in [6, 6.07) is 2.34. The second-order valence-electron chi connectivity index (χ2n) is 2.89. The summed E-state index contributed by atoms with van der Waals surface area (Å²) in [4.78, 5) is 5.67. The van der Waals surface area contributed by atoms with Crippen molar-refractivity contribution in [3.63, 3.8) is 0 Å². The monoisotopic (exact) mass is 210 g/mol. The summed E-state index contributed by atoms with van der Waals surface area (Å²) < 4.78 is 0. The molecule has 0 atom stereocenters. The Balaban J connectivity index is 4.56. The van der Waals surface area contributed by atoms with Gasteiger partial charge in [0.05, 0.1) is 12.5 Å². The van der Waals surface area contributed by atoms with Crippen LogP contribution in [-0.2, 0) is 0 Å². The number of hydrogen-bond acceptors (Lipinski definition) is 4. The van der Waals surface area contributed by atoms with Gasteiger partial charge < -0.3 is 4.90 Å². The van der Waals surface area contributed by atoms with Crippen LogP contribution in [0.4, 0.5) is 0 Å². The maximum atomic E-state index is 8.49. The average Bonchev–Trinajstić information content (AvgIpc) is 2.16. The summed E-state index contributed by atoms with van der Waals surface area (Å²) in [5.74, 6) is 0. The van der Waals surface area contributed by atoms with Gasteiger partial charge in [-0.2, -0.15) is 10.5 Å². The van der Waals surface area contributed by atoms with E-state index in [2.05, 4.69) is 11.1 Å². The lowest BCUT2D eigenvalue weighted by Crippen LogP contribution is -2.35. The van der Waals surface area contributed by atoms with Gasteiger partial charge in [-0.15, -0.1) is 4.99 Å². The largest absolute Gasteiger partial charge is 0.347 e. The Morgan fingerprint density at radius 2 is 2.14 bits per heavy atom. The third-order valence-corrected chi connectivity index (χ3v) is 2.35. The van der Waals surface area contributed by atoms with E-state index in [4.69, 9.17) is 10.5 Å². The van der Waals surface area contributed by atoms with E-state index in [1.165, 1.54) is 11.8 Å². The van der Waals surface area contributed by atoms with E-state index in [1.54, 1.807) is 6.19 Å². The highest BCUT2D eigenvalue weighted by Gasteiger charge is 2.13. The molecule has 0 rings (SSSR count). The highest BCUT2D eigenvalue weighted by Crippen LogP contribution is 2.10. The Kier molecular flexibility index (Phi) is 6.61. The van der Waals surface area contributed by atoms with E-state index in [-0.39, 0.29) is 6.04 Å². The molecule has 0 aliphatic rings. The highest BCUT2D eigenvalue weighted by molar-refractivity contribution is 8.13. The van der Waals surface area contributed by atoms with Crippen molar-refractivity contribution >= 4 is 16.9 Å². The van der Waals surface area contributed by atoms with Gasteiger partial charge in [-0.05, 0) is 20.1 Å². The molecule has 0 radical (unpaired) electrons. The van der Waals surface area contributed by atoms with Crippen molar-refractivity contribution in [2.45, 2.75) is 26.3 Å². The molecule has 0 aromatic heterocycles. The summed E-state index contributed by atoms with van der Waals surface area (Å²) in [6.07, 6.45) is 4.09. The number of aliphatic imine (C=N–C) groups is 1. The first kappa shape index (κ1) is 12.8. The van der Waals surface area contributed by atoms with Crippen LogP contribution in [0.2, 0.25) is 0 Å². The average molecular weight is 210 g/mol. The maximum absolute atomic E-state index is 8.49. The molecule has 0 unspecified atom stereocenters. The molecule has 0 aromatic rings. The summed E-state index contributed by atoms with van der Waals surface area (Å²) in [7, 11) is 0. The second kappa shape index (κ2) is 7.23. The predicted molar refractivity (Wildman–Crippen MR) is 58.6 cm³/mol. The minimum Gasteiger partial charge on any atom is -0.347 e. The van der Waals surface area contributed by atoms with Crippen LogP contribution < -0.4 is 0 Å². The molecule has 4 nitrogen and oxygen atoms in total. The third kappa shape index (κ3) is 4.15. The van der Waals surface area contributed by atoms with Crippen molar-refractivity contribution in [1.29, 1.82) is 10.5 Å². The lowest BCUT2D eigenvalue weighted by Gasteiger charge is -2.27. The molecule has 5 heteroatoms. The van der Waals surface area contributed by atoms with Crippen LogP contribution in [0.5, 0.6) is 0 Å². The molecule has 0 spiro atoms. The topological polar surface area (TPSA) is 63.2 Å². The standard InChI is InChI=1S/C9H14N4S/c1-8(2)13(6-4-5-10)9(14-3)12-7-11/h8H,4,6H2,1-3H3. The Morgan fingerprint density at radius 3 is 2.50 bits per heavy atom. The molecule has 0 aromatic carbocycles. The quantitative estimate of drug-likeness (QED) is 0.405. The molecule has 76 valence electrons. The summed E-state index contributed by atoms with van der Waals surface area (Å²) in [6.45, 7) is 4.65. The molecule has 0 amide bonds. The molecule has 0 aliphatic carbocycles. The lowest BCUT2D eigenvalue weighted by atomic mass is 10.3. The second-order valence-corrected chi connectivity index (χ2v) is 3.67. The number of hydrogen-bond donors (Lipinski definition) is 0. The predicted octanol–water partition coefficient (Wildman–Crippen LogP) is 1.81. The Morgan fingerprint density at radius 1 is 1.50 bits per heavy atom. The number of thioether (sulfide) groups is 1. The van der Waals surface area contributed by atoms with Crippen LogP contribution in [0.3, 0.4) is 0 Å². The SMILES string of the molecule is CSC(=NC#N)N(CCC#N)C(C)C. The molecule has 0 heterocycles. The van der Waals surface area contributed by atoms with Gasteiger partial charge in [0.1, 0.15) is 0 Å². The van der Waals surface area contributed by atoms with E-state index < -0.39 is 0 Å². The first-order valence-corrected chi connectivity index (χ1v) is 5.54. The van der Waals surface area contributed by atoms with Crippen LogP contribution in [0, 0.1) is 22.8 Å². The molecular formula is C9H14N4S. The first-order chi connectivity index (χ1) is 6.67. The fourth-order valence-electron chi connectivity index (χ4n) is 1.02. The summed E-state index contributed by atoms with van der Waals surface area (Å²) >= 11 is 1.43. The zero-order chi connectivity index (χ0) is 11.0. The molecule has 0 saturated heterocycles. The van der Waals surface area contributed by atoms with Gasteiger partial charge in [-0.1, -0.05) is 11.8 Å². The zero-order valence-corrected chi connectivity index (χ0v) is 9.51. The van der Waals surface area contributed by atoms with Gasteiger partial charge in [-0.3, -0.25) is 0 Å². The molecule has 14 heavy (non-hydrogen) atoms. The van der Waals surface area contributed by atoms with Gasteiger partial charge in [0, 0.05) is 12.6 Å². The fourth-order valence-corrected chi connectivity index (χ4v) is 1.68. The van der Waals surface area contributed by atoms with Gasteiger partial charge in [0.2, 0.25) is 6.19 Å². The number of nitriles is 2. The van der Waals surface area contributed by atoms with E-state index >= 15 is 0 Å². The van der Waals surface area contributed by atoms with Gasteiger partial charge in [0.15, 0.2) is 5.17 Å².